The van der Waals surface area contributed by atoms with Gasteiger partial charge < -0.3 is 25.2 Å². The van der Waals surface area contributed by atoms with E-state index in [2.05, 4.69) is 70.5 Å². The van der Waals surface area contributed by atoms with Crippen molar-refractivity contribution in [1.82, 2.24) is 10.5 Å². The van der Waals surface area contributed by atoms with Gasteiger partial charge in [0.2, 0.25) is 0 Å². The van der Waals surface area contributed by atoms with E-state index in [1.165, 1.54) is 30.3 Å². The number of benzene rings is 2. The van der Waals surface area contributed by atoms with Gasteiger partial charge in [0.1, 0.15) is 17.1 Å². The van der Waals surface area contributed by atoms with Crippen molar-refractivity contribution in [1.29, 1.82) is 0 Å². The smallest absolute Gasteiger partial charge is 0.256 e. The lowest BCUT2D eigenvalue weighted by molar-refractivity contribution is 0.0938. The van der Waals surface area contributed by atoms with E-state index >= 15 is 0 Å². The van der Waals surface area contributed by atoms with Crippen molar-refractivity contribution in [3.05, 3.63) is 89.8 Å². The maximum absolute atomic E-state index is 12.4. The molecule has 1 saturated heterocycles. The van der Waals surface area contributed by atoms with Crippen molar-refractivity contribution in [3.8, 4) is 5.75 Å². The van der Waals surface area contributed by atoms with Crippen molar-refractivity contribution in [2.75, 3.05) is 24.6 Å². The molecule has 2 atom stereocenters. The van der Waals surface area contributed by atoms with Gasteiger partial charge in [0.25, 0.3) is 5.91 Å². The molecule has 1 amide bonds. The molecule has 2 heterocycles. The molecule has 1 aliphatic carbocycles. The summed E-state index contributed by atoms with van der Waals surface area (Å²) in [5.41, 5.74) is 9.31. The fourth-order valence-electron chi connectivity index (χ4n) is 4.08. The molecule has 204 valence electrons. The number of aryl methyl sites for hydroxylation is 1. The summed E-state index contributed by atoms with van der Waals surface area (Å²) >= 11 is 0. The average molecular weight is 519 g/mol. The SMILES string of the molecule is C.C=CC(C)N.Cc1oncc1C(=O)NC(C)c1ccc(C2CN(c3ccc(OCC4CC4)cc3)C2)cc1. The second kappa shape index (κ2) is 13.3. The number of carbonyl (C=O) groups excluding carboxylic acids is 1. The third kappa shape index (κ3) is 7.71. The summed E-state index contributed by atoms with van der Waals surface area (Å²) < 4.78 is 10.8. The van der Waals surface area contributed by atoms with Crippen molar-refractivity contribution < 1.29 is 14.1 Å². The number of carbonyl (C=O) groups is 1. The van der Waals surface area contributed by atoms with Gasteiger partial charge >= 0.3 is 0 Å². The summed E-state index contributed by atoms with van der Waals surface area (Å²) in [6.45, 7) is 11.9. The number of rotatable bonds is 9. The van der Waals surface area contributed by atoms with Crippen LogP contribution in [-0.4, -0.2) is 36.8 Å². The van der Waals surface area contributed by atoms with Crippen LogP contribution in [0.3, 0.4) is 0 Å². The highest BCUT2D eigenvalue weighted by Crippen LogP contribution is 2.34. The Morgan fingerprint density at radius 3 is 2.34 bits per heavy atom. The van der Waals surface area contributed by atoms with E-state index in [-0.39, 0.29) is 25.4 Å². The van der Waals surface area contributed by atoms with Gasteiger partial charge in [0.05, 0.1) is 18.8 Å². The molecule has 3 aromatic rings. The number of hydrogen-bond donors (Lipinski definition) is 2. The van der Waals surface area contributed by atoms with E-state index in [0.717, 1.165) is 36.9 Å². The summed E-state index contributed by atoms with van der Waals surface area (Å²) in [6.07, 6.45) is 5.77. The van der Waals surface area contributed by atoms with Gasteiger partial charge in [-0.2, -0.15) is 0 Å². The molecular formula is C31H42N4O3. The Labute approximate surface area is 227 Å². The second-order valence-corrected chi connectivity index (χ2v) is 10.1. The molecule has 38 heavy (non-hydrogen) atoms. The minimum Gasteiger partial charge on any atom is -0.493 e. The van der Waals surface area contributed by atoms with Gasteiger partial charge in [-0.3, -0.25) is 4.79 Å². The van der Waals surface area contributed by atoms with Crippen molar-refractivity contribution >= 4 is 11.6 Å². The molecule has 1 aromatic heterocycles. The van der Waals surface area contributed by atoms with E-state index in [4.69, 9.17) is 15.0 Å². The number of ether oxygens (including phenoxy) is 1. The largest absolute Gasteiger partial charge is 0.493 e. The Kier molecular flexibility index (Phi) is 10.1. The number of hydrogen-bond acceptors (Lipinski definition) is 6. The molecule has 0 radical (unpaired) electrons. The number of nitrogens with one attached hydrogen (secondary N) is 1. The lowest BCUT2D eigenvalue weighted by Gasteiger charge is -2.41. The van der Waals surface area contributed by atoms with Crippen LogP contribution in [0.1, 0.15) is 73.3 Å². The zero-order valence-corrected chi connectivity index (χ0v) is 22.0. The van der Waals surface area contributed by atoms with Gasteiger partial charge in [0, 0.05) is 30.7 Å². The Hall–Kier alpha value is -3.58. The maximum atomic E-state index is 12.4. The molecule has 5 rings (SSSR count). The quantitative estimate of drug-likeness (QED) is 0.336. The van der Waals surface area contributed by atoms with Crippen LogP contribution in [0, 0.1) is 12.8 Å². The first-order valence-electron chi connectivity index (χ1n) is 13.0. The molecule has 0 spiro atoms. The van der Waals surface area contributed by atoms with Crippen LogP contribution in [0.2, 0.25) is 0 Å². The van der Waals surface area contributed by atoms with Crippen molar-refractivity contribution in [2.45, 2.75) is 59.0 Å². The van der Waals surface area contributed by atoms with Crippen LogP contribution in [-0.2, 0) is 0 Å². The Morgan fingerprint density at radius 2 is 1.82 bits per heavy atom. The molecule has 0 bridgehead atoms. The lowest BCUT2D eigenvalue weighted by Crippen LogP contribution is -2.45. The van der Waals surface area contributed by atoms with Crippen LogP contribution < -0.4 is 20.7 Å². The number of anilines is 1. The molecule has 3 N–H and O–H groups in total. The predicted octanol–water partition coefficient (Wildman–Crippen LogP) is 6.02. The maximum Gasteiger partial charge on any atom is 0.256 e. The third-order valence-corrected chi connectivity index (χ3v) is 6.89. The van der Waals surface area contributed by atoms with Gasteiger partial charge in [-0.15, -0.1) is 6.58 Å². The van der Waals surface area contributed by atoms with E-state index in [1.54, 1.807) is 13.0 Å². The van der Waals surface area contributed by atoms with E-state index < -0.39 is 0 Å². The summed E-state index contributed by atoms with van der Waals surface area (Å²) in [5.74, 6) is 2.63. The fourth-order valence-corrected chi connectivity index (χ4v) is 4.08. The van der Waals surface area contributed by atoms with Crippen molar-refractivity contribution in [2.24, 2.45) is 11.7 Å². The molecule has 2 aliphatic rings. The van der Waals surface area contributed by atoms with Gasteiger partial charge in [-0.05, 0) is 74.9 Å². The van der Waals surface area contributed by atoms with Crippen molar-refractivity contribution in [3.63, 3.8) is 0 Å². The Bertz CT molecular complexity index is 1160. The summed E-state index contributed by atoms with van der Waals surface area (Å²) in [5, 5.41) is 6.68. The summed E-state index contributed by atoms with van der Waals surface area (Å²) in [4.78, 5) is 14.8. The van der Waals surface area contributed by atoms with Crippen LogP contribution >= 0.6 is 0 Å². The Morgan fingerprint density at radius 1 is 1.18 bits per heavy atom. The summed E-state index contributed by atoms with van der Waals surface area (Å²) in [6, 6.07) is 17.1. The molecule has 7 heteroatoms. The van der Waals surface area contributed by atoms with E-state index in [1.807, 2.05) is 13.8 Å². The normalized spacial score (nSPS) is 16.2. The highest BCUT2D eigenvalue weighted by Gasteiger charge is 2.28. The van der Waals surface area contributed by atoms with E-state index in [9.17, 15) is 4.79 Å². The van der Waals surface area contributed by atoms with Crippen LogP contribution in [0.25, 0.3) is 0 Å². The fraction of sp³-hybridized carbons (Fsp3) is 0.419. The van der Waals surface area contributed by atoms with Crippen LogP contribution in [0.15, 0.2) is 71.9 Å². The molecule has 1 aliphatic heterocycles. The van der Waals surface area contributed by atoms with E-state index in [0.29, 0.717) is 17.2 Å². The Balaban J connectivity index is 0.000000612. The topological polar surface area (TPSA) is 93.6 Å². The highest BCUT2D eigenvalue weighted by molar-refractivity contribution is 5.94. The molecule has 7 nitrogen and oxygen atoms in total. The third-order valence-electron chi connectivity index (χ3n) is 6.89. The predicted molar refractivity (Wildman–Crippen MR) is 154 cm³/mol. The monoisotopic (exact) mass is 518 g/mol. The first-order chi connectivity index (χ1) is 17.8. The zero-order chi connectivity index (χ0) is 26.4. The summed E-state index contributed by atoms with van der Waals surface area (Å²) in [7, 11) is 0. The number of nitrogens with two attached hydrogens (primary N) is 1. The molecule has 2 fully saturated rings. The minimum absolute atomic E-state index is 0. The number of aromatic nitrogens is 1. The van der Waals surface area contributed by atoms with Gasteiger partial charge in [0.15, 0.2) is 0 Å². The average Bonchev–Trinajstić information content (AvgIpc) is 3.61. The minimum atomic E-state index is -0.168. The van der Waals surface area contributed by atoms with Crippen LogP contribution in [0.5, 0.6) is 5.75 Å². The van der Waals surface area contributed by atoms with Gasteiger partial charge in [-0.25, -0.2) is 0 Å². The molecule has 2 unspecified atom stereocenters. The van der Waals surface area contributed by atoms with Gasteiger partial charge in [-0.1, -0.05) is 42.9 Å². The zero-order valence-electron chi connectivity index (χ0n) is 22.0. The lowest BCUT2D eigenvalue weighted by atomic mass is 9.90. The molecule has 1 saturated carbocycles. The number of amides is 1. The van der Waals surface area contributed by atoms with Crippen LogP contribution in [0.4, 0.5) is 5.69 Å². The molecule has 2 aromatic carbocycles. The first-order valence-corrected chi connectivity index (χ1v) is 13.0. The molecular weight excluding hydrogens is 476 g/mol. The standard InChI is InChI=1S/C26H29N3O3.C4H9N.CH4/c1-17(28-26(30)25-13-27-32-18(25)2)20-5-7-21(8-6-20)22-14-29(15-22)23-9-11-24(12-10-23)31-16-19-3-4-19;1-3-4(2)5;/h5-13,17,19,22H,3-4,14-16H2,1-2H3,(H,28,30);3-4H,1,5H2,2H3;1H4. The first kappa shape index (κ1) is 29.0. The number of nitrogens with zero attached hydrogens (tertiary/aromatic N) is 2. The second-order valence-electron chi connectivity index (χ2n) is 10.1. The highest BCUT2D eigenvalue weighted by atomic mass is 16.5.